The maximum Gasteiger partial charge on any atom is -1.00 e. The van der Waals surface area contributed by atoms with Crippen LogP contribution in [0.3, 0.4) is 0 Å². The van der Waals surface area contributed by atoms with E-state index in [0.717, 1.165) is 0 Å². The zero-order valence-electron chi connectivity index (χ0n) is 10.7. The van der Waals surface area contributed by atoms with Crippen LogP contribution >= 0.6 is 0 Å². The number of hydrogen-bond donors (Lipinski definition) is 0. The topological polar surface area (TPSA) is 0 Å². The smallest absolute Gasteiger partial charge is 1.00 e. The predicted octanol–water partition coefficient (Wildman–Crippen LogP) is -1.53. The van der Waals surface area contributed by atoms with Crippen LogP contribution in [-0.4, -0.2) is 0 Å². The summed E-state index contributed by atoms with van der Waals surface area (Å²) in [5.74, 6) is 0. The monoisotopic (exact) mass is 304 g/mol. The first-order valence-electron chi connectivity index (χ1n) is 5.48. The maximum atomic E-state index is 2.44. The molecule has 92 valence electrons. The Bertz CT molecular complexity index is 368. The molecule has 0 fully saturated rings. The van der Waals surface area contributed by atoms with E-state index < -0.39 is 0 Å². The predicted molar refractivity (Wildman–Crippen MR) is 62.5 cm³/mol. The third-order valence-electron chi connectivity index (χ3n) is 2.98. The van der Waals surface area contributed by atoms with Crippen LogP contribution in [0.1, 0.15) is 27.7 Å². The van der Waals surface area contributed by atoms with Crippen LogP contribution in [0.25, 0.3) is 0 Å². The van der Waals surface area contributed by atoms with Crippen LogP contribution in [0.4, 0.5) is 0 Å². The minimum atomic E-state index is -0.0800. The molecule has 0 spiro atoms. The van der Waals surface area contributed by atoms with Gasteiger partial charge in [0.05, 0.1) is 0 Å². The van der Waals surface area contributed by atoms with Gasteiger partial charge in [-0.25, -0.2) is 0 Å². The fourth-order valence-corrected chi connectivity index (χ4v) is 5.75. The Morgan fingerprint density at radius 1 is 0.824 bits per heavy atom. The van der Waals surface area contributed by atoms with Gasteiger partial charge < -0.3 is 24.8 Å². The Kier molecular flexibility index (Phi) is 6.02. The number of hydrogen-bond acceptors (Lipinski definition) is 0. The molecule has 3 heteroatoms. The molecule has 0 N–H and O–H groups in total. The van der Waals surface area contributed by atoms with Gasteiger partial charge in [0, 0.05) is 0 Å². The Morgan fingerprint density at radius 2 is 1.18 bits per heavy atom. The molecule has 0 saturated heterocycles. The van der Waals surface area contributed by atoms with E-state index in [-0.39, 0.29) is 44.0 Å². The maximum absolute atomic E-state index is 2.44. The van der Waals surface area contributed by atoms with Gasteiger partial charge in [0.2, 0.25) is 0 Å². The molecule has 0 saturated carbocycles. The van der Waals surface area contributed by atoms with Crippen molar-refractivity contribution in [3.05, 3.63) is 47.6 Å². The van der Waals surface area contributed by atoms with Crippen molar-refractivity contribution in [3.63, 3.8) is 0 Å². The molecule has 0 aromatic rings. The van der Waals surface area contributed by atoms with E-state index in [9.17, 15) is 0 Å². The van der Waals surface area contributed by atoms with Crippen LogP contribution in [0.5, 0.6) is 0 Å². The van der Waals surface area contributed by atoms with Crippen molar-refractivity contribution in [1.82, 2.24) is 0 Å². The first-order chi connectivity index (χ1) is 6.91. The number of rotatable bonds is 2. The van der Waals surface area contributed by atoms with Gasteiger partial charge in [-0.15, -0.1) is 0 Å². The summed E-state index contributed by atoms with van der Waals surface area (Å²) >= 11 is -0.0800. The Labute approximate surface area is 126 Å². The average Bonchev–Trinajstić information content (AvgIpc) is 2.57. The molecule has 2 aliphatic rings. The summed E-state index contributed by atoms with van der Waals surface area (Å²) in [6.07, 6.45) is 14.2. The second-order valence-electron chi connectivity index (χ2n) is 5.13. The molecule has 0 aromatic heterocycles. The minimum absolute atomic E-state index is 0. The summed E-state index contributed by atoms with van der Waals surface area (Å²) in [5.41, 5.74) is 2.85. The fraction of sp³-hybridized carbons (Fsp3) is 0.429. The number of halogens is 2. The molecule has 0 aliphatic heterocycles. The molecule has 2 atom stereocenters. The van der Waals surface area contributed by atoms with E-state index in [1.807, 2.05) is 0 Å². The summed E-state index contributed by atoms with van der Waals surface area (Å²) in [7, 11) is 0. The zero-order valence-corrected chi connectivity index (χ0v) is 13.8. The minimum Gasteiger partial charge on any atom is -1.00 e. The molecule has 0 aromatic carbocycles. The second-order valence-corrected chi connectivity index (χ2v) is 8.89. The molecular formula is C14H18Cl2Ti. The van der Waals surface area contributed by atoms with Gasteiger partial charge in [-0.2, -0.15) is 0 Å². The van der Waals surface area contributed by atoms with Gasteiger partial charge in [-0.3, -0.25) is 0 Å². The molecule has 2 unspecified atom stereocenters. The standard InChI is InChI=1S/2C7H9.2ClH.Ti/c2*1-6-3-4-7(2)5-6;;;/h2*3-5H,1-2H3;2*1H;/q;;;;+2/p-2. The SMILES string of the molecule is CC1=C[C](C)([Ti+2][C]2(C)C=CC(C)=C2)C=C1.[Cl-].[Cl-]. The van der Waals surface area contributed by atoms with E-state index in [2.05, 4.69) is 64.2 Å². The third-order valence-corrected chi connectivity index (χ3v) is 5.63. The van der Waals surface area contributed by atoms with E-state index in [4.69, 9.17) is 0 Å². The quantitative estimate of drug-likeness (QED) is 0.543. The second kappa shape index (κ2) is 5.93. The van der Waals surface area contributed by atoms with Crippen molar-refractivity contribution in [1.29, 1.82) is 0 Å². The van der Waals surface area contributed by atoms with Crippen molar-refractivity contribution >= 4 is 0 Å². The molecule has 2 rings (SSSR count). The van der Waals surface area contributed by atoms with Crippen molar-refractivity contribution in [3.8, 4) is 0 Å². The van der Waals surface area contributed by atoms with E-state index in [1.165, 1.54) is 11.1 Å². The van der Waals surface area contributed by atoms with Crippen molar-refractivity contribution in [2.45, 2.75) is 35.1 Å². The van der Waals surface area contributed by atoms with Crippen LogP contribution < -0.4 is 24.8 Å². The molecule has 0 heterocycles. The molecule has 0 bridgehead atoms. The Hall–Kier alpha value is 0.254. The fourth-order valence-electron chi connectivity index (χ4n) is 2.48. The number of allylic oxidation sites excluding steroid dienone is 8. The summed E-state index contributed by atoms with van der Waals surface area (Å²) in [5, 5.41) is 0. The zero-order chi connectivity index (χ0) is 11.1. The summed E-state index contributed by atoms with van der Waals surface area (Å²) < 4.78 is 0.731. The molecule has 0 nitrogen and oxygen atoms in total. The Morgan fingerprint density at radius 3 is 1.41 bits per heavy atom. The Balaban J connectivity index is 0.00000128. The molecule has 2 aliphatic carbocycles. The van der Waals surface area contributed by atoms with Crippen molar-refractivity contribution < 1.29 is 44.0 Å². The van der Waals surface area contributed by atoms with E-state index in [0.29, 0.717) is 7.44 Å². The van der Waals surface area contributed by atoms with Crippen molar-refractivity contribution in [2.24, 2.45) is 0 Å². The van der Waals surface area contributed by atoms with Gasteiger partial charge in [0.25, 0.3) is 0 Å². The van der Waals surface area contributed by atoms with Crippen LogP contribution in [0.2, 0.25) is 7.44 Å². The normalized spacial score (nSPS) is 33.4. The molecule has 0 radical (unpaired) electrons. The van der Waals surface area contributed by atoms with Gasteiger partial charge in [-0.1, -0.05) is 0 Å². The van der Waals surface area contributed by atoms with E-state index in [1.54, 1.807) is 0 Å². The third kappa shape index (κ3) is 4.14. The summed E-state index contributed by atoms with van der Waals surface area (Å²) in [6, 6.07) is 0. The molecular weight excluding hydrogens is 287 g/mol. The van der Waals surface area contributed by atoms with Crippen LogP contribution in [-0.2, 0) is 19.2 Å². The molecule has 0 amide bonds. The van der Waals surface area contributed by atoms with Gasteiger partial charge in [-0.05, 0) is 0 Å². The van der Waals surface area contributed by atoms with E-state index >= 15 is 0 Å². The first kappa shape index (κ1) is 17.3. The van der Waals surface area contributed by atoms with Gasteiger partial charge in [0.1, 0.15) is 0 Å². The van der Waals surface area contributed by atoms with Crippen LogP contribution in [0.15, 0.2) is 47.6 Å². The first-order valence-corrected chi connectivity index (χ1v) is 7.04. The average molecular weight is 305 g/mol. The van der Waals surface area contributed by atoms with Crippen molar-refractivity contribution in [2.75, 3.05) is 0 Å². The largest absolute Gasteiger partial charge is 1.00 e. The van der Waals surface area contributed by atoms with Gasteiger partial charge in [0.15, 0.2) is 0 Å². The van der Waals surface area contributed by atoms with Crippen LogP contribution in [0, 0.1) is 0 Å². The summed E-state index contributed by atoms with van der Waals surface area (Å²) in [4.78, 5) is 0. The van der Waals surface area contributed by atoms with Gasteiger partial charge >= 0.3 is 102 Å². The summed E-state index contributed by atoms with van der Waals surface area (Å²) in [6.45, 7) is 9.14. The molecule has 17 heavy (non-hydrogen) atoms.